The molecule has 3 aromatic heterocycles. The number of carbonyl (C=O) groups excluding carboxylic acids is 1. The van der Waals surface area contributed by atoms with E-state index in [0.29, 0.717) is 12.6 Å². The van der Waals surface area contributed by atoms with Gasteiger partial charge in [0.2, 0.25) is 5.91 Å². The quantitative estimate of drug-likeness (QED) is 0.398. The third-order valence-electron chi connectivity index (χ3n) is 7.57. The molecule has 8 nitrogen and oxygen atoms in total. The van der Waals surface area contributed by atoms with Crippen LogP contribution in [0.5, 0.6) is 0 Å². The molecule has 2 aliphatic heterocycles. The smallest absolute Gasteiger partial charge is 0.219 e. The molecule has 1 saturated heterocycles. The maximum absolute atomic E-state index is 12.3. The summed E-state index contributed by atoms with van der Waals surface area (Å²) in [5.41, 5.74) is 6.16. The average Bonchev–Trinajstić information content (AvgIpc) is 3.31. The molecule has 0 N–H and O–H groups in total. The fourth-order valence-corrected chi connectivity index (χ4v) is 5.47. The number of aromatic nitrogens is 5. The van der Waals surface area contributed by atoms with Gasteiger partial charge in [0.25, 0.3) is 0 Å². The number of amides is 1. The summed E-state index contributed by atoms with van der Waals surface area (Å²) in [7, 11) is 0. The first-order chi connectivity index (χ1) is 18.0. The Morgan fingerprint density at radius 3 is 2.59 bits per heavy atom. The Bertz CT molecular complexity index is 1450. The van der Waals surface area contributed by atoms with Crippen LogP contribution in [-0.2, 0) is 22.5 Å². The number of nitrogens with zero attached hydrogens (tertiary/aromatic N) is 6. The van der Waals surface area contributed by atoms with E-state index in [2.05, 4.69) is 52.8 Å². The highest BCUT2D eigenvalue weighted by molar-refractivity contribution is 5.97. The van der Waals surface area contributed by atoms with Crippen LogP contribution in [0.2, 0.25) is 0 Å². The van der Waals surface area contributed by atoms with Gasteiger partial charge in [-0.15, -0.1) is 0 Å². The Labute approximate surface area is 216 Å². The van der Waals surface area contributed by atoms with Gasteiger partial charge in [0.15, 0.2) is 0 Å². The van der Waals surface area contributed by atoms with Crippen molar-refractivity contribution < 1.29 is 9.53 Å². The monoisotopic (exact) mass is 496 g/mol. The van der Waals surface area contributed by atoms with E-state index in [1.165, 1.54) is 5.69 Å². The molecule has 1 amide bonds. The van der Waals surface area contributed by atoms with Crippen molar-refractivity contribution in [1.82, 2.24) is 29.6 Å². The molecule has 37 heavy (non-hydrogen) atoms. The Kier molecular flexibility index (Phi) is 6.20. The Hall–Kier alpha value is -3.65. The van der Waals surface area contributed by atoms with Crippen LogP contribution in [0.25, 0.3) is 33.3 Å². The predicted octanol–water partition coefficient (Wildman–Crippen LogP) is 4.93. The molecule has 0 unspecified atom stereocenters. The van der Waals surface area contributed by atoms with Gasteiger partial charge in [-0.2, -0.15) is 5.10 Å². The zero-order valence-corrected chi connectivity index (χ0v) is 21.6. The van der Waals surface area contributed by atoms with Crippen molar-refractivity contribution in [2.24, 2.45) is 0 Å². The SMILES string of the molecule is CC(=O)N1CCc2c(c(-c3cccc4cc(-c5cnc(C(C)C)nc5)ncc34)nn2C2CCOCC2)C1. The normalized spacial score (nSPS) is 16.4. The van der Waals surface area contributed by atoms with E-state index in [4.69, 9.17) is 14.8 Å². The molecule has 0 bridgehead atoms. The van der Waals surface area contributed by atoms with Crippen molar-refractivity contribution in [1.29, 1.82) is 0 Å². The molecule has 0 radical (unpaired) electrons. The predicted molar refractivity (Wildman–Crippen MR) is 142 cm³/mol. The number of carbonyl (C=O) groups is 1. The lowest BCUT2D eigenvalue weighted by Crippen LogP contribution is -2.35. The molecule has 1 fully saturated rings. The molecule has 190 valence electrons. The Morgan fingerprint density at radius 2 is 1.86 bits per heavy atom. The third kappa shape index (κ3) is 4.39. The van der Waals surface area contributed by atoms with E-state index in [1.807, 2.05) is 23.5 Å². The van der Waals surface area contributed by atoms with Crippen LogP contribution in [0.15, 0.2) is 42.9 Å². The molecule has 8 heteroatoms. The number of hydrogen-bond acceptors (Lipinski definition) is 6. The van der Waals surface area contributed by atoms with Gasteiger partial charge in [-0.3, -0.25) is 14.5 Å². The fourth-order valence-electron chi connectivity index (χ4n) is 5.47. The maximum atomic E-state index is 12.3. The average molecular weight is 497 g/mol. The van der Waals surface area contributed by atoms with Crippen LogP contribution < -0.4 is 0 Å². The zero-order chi connectivity index (χ0) is 25.5. The van der Waals surface area contributed by atoms with Crippen molar-refractivity contribution >= 4 is 16.7 Å². The van der Waals surface area contributed by atoms with Crippen molar-refractivity contribution in [3.05, 3.63) is 59.9 Å². The number of fused-ring (bicyclic) bond motifs is 2. The molecule has 5 heterocycles. The van der Waals surface area contributed by atoms with Gasteiger partial charge >= 0.3 is 0 Å². The Balaban J connectivity index is 1.44. The van der Waals surface area contributed by atoms with E-state index in [0.717, 1.165) is 83.7 Å². The van der Waals surface area contributed by atoms with Crippen LogP contribution in [0.3, 0.4) is 0 Å². The van der Waals surface area contributed by atoms with Gasteiger partial charge in [0.05, 0.1) is 17.4 Å². The van der Waals surface area contributed by atoms with Crippen molar-refractivity contribution in [3.8, 4) is 22.5 Å². The maximum Gasteiger partial charge on any atom is 0.219 e. The molecule has 4 aromatic rings. The molecule has 1 aromatic carbocycles. The Morgan fingerprint density at radius 1 is 1.08 bits per heavy atom. The second-order valence-corrected chi connectivity index (χ2v) is 10.3. The van der Waals surface area contributed by atoms with Crippen molar-refractivity contribution in [2.75, 3.05) is 19.8 Å². The molecule has 0 atom stereocenters. The topological polar surface area (TPSA) is 86.0 Å². The van der Waals surface area contributed by atoms with E-state index in [-0.39, 0.29) is 11.8 Å². The van der Waals surface area contributed by atoms with Gasteiger partial charge in [-0.1, -0.05) is 32.0 Å². The summed E-state index contributed by atoms with van der Waals surface area (Å²) < 4.78 is 7.85. The highest BCUT2D eigenvalue weighted by atomic mass is 16.5. The van der Waals surface area contributed by atoms with E-state index in [1.54, 1.807) is 6.92 Å². The molecular formula is C29H32N6O2. The molecule has 0 aliphatic carbocycles. The summed E-state index contributed by atoms with van der Waals surface area (Å²) in [5.74, 6) is 1.22. The standard InChI is InChI=1S/C29H32N6O2/c1-18(2)29-31-14-21(15-32-29)26-13-20-5-4-6-23(24(20)16-30-26)28-25-17-34(19(3)36)10-7-27(25)35(33-28)22-8-11-37-12-9-22/h4-6,13-16,18,22H,7-12,17H2,1-3H3. The summed E-state index contributed by atoms with van der Waals surface area (Å²) >= 11 is 0. The summed E-state index contributed by atoms with van der Waals surface area (Å²) in [5, 5.41) is 7.35. The number of ether oxygens (including phenoxy) is 1. The zero-order valence-electron chi connectivity index (χ0n) is 21.6. The number of rotatable bonds is 4. The van der Waals surface area contributed by atoms with Gasteiger partial charge < -0.3 is 9.64 Å². The highest BCUT2D eigenvalue weighted by Gasteiger charge is 2.30. The molecule has 6 rings (SSSR count). The largest absolute Gasteiger partial charge is 0.381 e. The molecule has 2 aliphatic rings. The molecule has 0 saturated carbocycles. The second kappa shape index (κ2) is 9.67. The molecular weight excluding hydrogens is 464 g/mol. The van der Waals surface area contributed by atoms with Crippen molar-refractivity contribution in [3.63, 3.8) is 0 Å². The number of pyridine rings is 1. The summed E-state index contributed by atoms with van der Waals surface area (Å²) in [4.78, 5) is 28.0. The first kappa shape index (κ1) is 23.7. The van der Waals surface area contributed by atoms with Crippen LogP contribution in [0.1, 0.15) is 62.7 Å². The van der Waals surface area contributed by atoms with Crippen LogP contribution in [0.4, 0.5) is 0 Å². The first-order valence-electron chi connectivity index (χ1n) is 13.1. The lowest BCUT2D eigenvalue weighted by molar-refractivity contribution is -0.129. The lowest BCUT2D eigenvalue weighted by Gasteiger charge is -2.29. The first-order valence-corrected chi connectivity index (χ1v) is 13.1. The van der Waals surface area contributed by atoms with Gasteiger partial charge in [-0.05, 0) is 24.3 Å². The summed E-state index contributed by atoms with van der Waals surface area (Å²) in [6.45, 7) is 8.66. The number of hydrogen-bond donors (Lipinski definition) is 0. The van der Waals surface area contributed by atoms with Gasteiger partial charge in [0, 0.05) is 91.9 Å². The second-order valence-electron chi connectivity index (χ2n) is 10.3. The number of benzene rings is 1. The van der Waals surface area contributed by atoms with Crippen LogP contribution in [-0.4, -0.2) is 55.3 Å². The van der Waals surface area contributed by atoms with Crippen molar-refractivity contribution in [2.45, 2.75) is 58.5 Å². The minimum absolute atomic E-state index is 0.102. The third-order valence-corrected chi connectivity index (χ3v) is 7.57. The van der Waals surface area contributed by atoms with E-state index < -0.39 is 0 Å². The molecule has 0 spiro atoms. The summed E-state index contributed by atoms with van der Waals surface area (Å²) in [6, 6.07) is 8.72. The fraction of sp³-hybridized carbons (Fsp3) is 0.414. The van der Waals surface area contributed by atoms with E-state index >= 15 is 0 Å². The van der Waals surface area contributed by atoms with Gasteiger partial charge in [0.1, 0.15) is 5.82 Å². The lowest BCUT2D eigenvalue weighted by atomic mass is 9.96. The summed E-state index contributed by atoms with van der Waals surface area (Å²) in [6.07, 6.45) is 8.37. The highest BCUT2D eigenvalue weighted by Crippen LogP contribution is 2.37. The van der Waals surface area contributed by atoms with E-state index in [9.17, 15) is 4.79 Å². The van der Waals surface area contributed by atoms with Gasteiger partial charge in [-0.25, -0.2) is 9.97 Å². The minimum Gasteiger partial charge on any atom is -0.381 e. The van der Waals surface area contributed by atoms with Crippen LogP contribution >= 0.6 is 0 Å². The van der Waals surface area contributed by atoms with Crippen LogP contribution in [0, 0.1) is 0 Å². The minimum atomic E-state index is 0.102.